The molecule has 0 spiro atoms. The molecule has 0 amide bonds. The van der Waals surface area contributed by atoms with Crippen LogP contribution in [0.5, 0.6) is 0 Å². The van der Waals surface area contributed by atoms with Crippen LogP contribution in [0.25, 0.3) is 33.7 Å². The first-order chi connectivity index (χ1) is 22.0. The average molecular weight is 603 g/mol. The Labute approximate surface area is 261 Å². The van der Waals surface area contributed by atoms with Gasteiger partial charge in [0.2, 0.25) is 5.82 Å². The molecule has 0 bridgehead atoms. The molecule has 3 aromatic carbocycles. The molecule has 1 atom stereocenters. The van der Waals surface area contributed by atoms with Crippen LogP contribution >= 0.6 is 0 Å². The summed E-state index contributed by atoms with van der Waals surface area (Å²) in [5.41, 5.74) is 5.17. The van der Waals surface area contributed by atoms with Crippen LogP contribution < -0.4 is 11.2 Å². The van der Waals surface area contributed by atoms with E-state index < -0.39 is 6.04 Å². The molecule has 45 heavy (non-hydrogen) atoms. The highest BCUT2D eigenvalue weighted by atomic mass is 16.2. The number of H-pyrrole nitrogens is 1. The molecular formula is C35H38N8O2. The van der Waals surface area contributed by atoms with E-state index in [-0.39, 0.29) is 11.2 Å². The molecule has 6 aromatic rings. The lowest BCUT2D eigenvalue weighted by Gasteiger charge is -2.18. The van der Waals surface area contributed by atoms with E-state index in [0.717, 1.165) is 65.7 Å². The van der Waals surface area contributed by atoms with Gasteiger partial charge >= 0.3 is 5.69 Å². The number of hydrogen-bond donors (Lipinski definition) is 1. The number of aryl methyl sites for hydroxylation is 2. The van der Waals surface area contributed by atoms with Gasteiger partial charge in [0.1, 0.15) is 5.82 Å². The van der Waals surface area contributed by atoms with Crippen LogP contribution in [0.15, 0.2) is 88.5 Å². The maximum Gasteiger partial charge on any atom is 0.333 e. The highest BCUT2D eigenvalue weighted by Crippen LogP contribution is 2.30. The number of hydrogen-bond acceptors (Lipinski definition) is 6. The Morgan fingerprint density at radius 1 is 0.822 bits per heavy atom. The van der Waals surface area contributed by atoms with Crippen molar-refractivity contribution in [3.63, 3.8) is 0 Å². The maximum atomic E-state index is 14.3. The number of imidazole rings is 1. The zero-order valence-electron chi connectivity index (χ0n) is 26.0. The van der Waals surface area contributed by atoms with Crippen molar-refractivity contribution in [2.75, 3.05) is 0 Å². The van der Waals surface area contributed by atoms with E-state index in [1.54, 1.807) is 4.57 Å². The third-order valence-corrected chi connectivity index (χ3v) is 8.38. The Balaban J connectivity index is 1.46. The fourth-order valence-electron chi connectivity index (χ4n) is 6.03. The van der Waals surface area contributed by atoms with Crippen LogP contribution in [0.2, 0.25) is 0 Å². The van der Waals surface area contributed by atoms with Gasteiger partial charge in [-0.15, -0.1) is 10.2 Å². The molecule has 0 aliphatic heterocycles. The monoisotopic (exact) mass is 602 g/mol. The van der Waals surface area contributed by atoms with Gasteiger partial charge in [-0.2, -0.15) is 5.21 Å². The number of aromatic amines is 1. The lowest BCUT2D eigenvalue weighted by atomic mass is 9.98. The SMILES string of the molecule is CCCCCc1nc2c(c(=O)n(C(C)c3ccccc3)c(=O)n2CCC)n1Cc1ccc(-c2ccccc2-c2nn[nH]n2)cc1. The minimum atomic E-state index is -0.427. The largest absolute Gasteiger partial charge is 0.333 e. The molecule has 3 heterocycles. The van der Waals surface area contributed by atoms with E-state index in [2.05, 4.69) is 51.8 Å². The minimum absolute atomic E-state index is 0.307. The van der Waals surface area contributed by atoms with E-state index in [0.29, 0.717) is 30.1 Å². The number of aromatic nitrogens is 8. The maximum absolute atomic E-state index is 14.3. The van der Waals surface area contributed by atoms with Gasteiger partial charge in [0, 0.05) is 25.1 Å². The summed E-state index contributed by atoms with van der Waals surface area (Å²) in [6, 6.07) is 25.6. The van der Waals surface area contributed by atoms with Crippen LogP contribution in [0.4, 0.5) is 0 Å². The number of nitrogens with one attached hydrogen (secondary N) is 1. The molecule has 10 heteroatoms. The van der Waals surface area contributed by atoms with Crippen LogP contribution in [-0.2, 0) is 19.5 Å². The smallest absolute Gasteiger partial charge is 0.318 e. The second-order valence-electron chi connectivity index (χ2n) is 11.4. The van der Waals surface area contributed by atoms with Gasteiger partial charge in [-0.05, 0) is 47.2 Å². The number of nitrogens with zero attached hydrogens (tertiary/aromatic N) is 7. The second-order valence-corrected chi connectivity index (χ2v) is 11.4. The van der Waals surface area contributed by atoms with Gasteiger partial charge in [-0.25, -0.2) is 9.78 Å². The predicted molar refractivity (Wildman–Crippen MR) is 176 cm³/mol. The van der Waals surface area contributed by atoms with E-state index in [9.17, 15) is 9.59 Å². The molecule has 3 aromatic heterocycles. The third kappa shape index (κ3) is 5.87. The first-order valence-corrected chi connectivity index (χ1v) is 15.7. The van der Waals surface area contributed by atoms with E-state index in [1.807, 2.05) is 73.0 Å². The molecule has 1 unspecified atom stereocenters. The number of unbranched alkanes of at least 4 members (excludes halogenated alkanes) is 2. The molecule has 0 aliphatic rings. The zero-order chi connectivity index (χ0) is 31.3. The Bertz CT molecular complexity index is 2010. The van der Waals surface area contributed by atoms with Crippen molar-refractivity contribution in [2.24, 2.45) is 0 Å². The summed E-state index contributed by atoms with van der Waals surface area (Å²) >= 11 is 0. The number of fused-ring (bicyclic) bond motifs is 1. The van der Waals surface area contributed by atoms with Crippen molar-refractivity contribution in [1.29, 1.82) is 0 Å². The minimum Gasteiger partial charge on any atom is -0.318 e. The quantitative estimate of drug-likeness (QED) is 0.172. The lowest BCUT2D eigenvalue weighted by molar-refractivity contribution is 0.530. The third-order valence-electron chi connectivity index (χ3n) is 8.38. The van der Waals surface area contributed by atoms with Crippen molar-refractivity contribution in [3.05, 3.63) is 117 Å². The van der Waals surface area contributed by atoms with Crippen molar-refractivity contribution >= 4 is 11.2 Å². The molecule has 10 nitrogen and oxygen atoms in total. The fourth-order valence-corrected chi connectivity index (χ4v) is 6.03. The Morgan fingerprint density at radius 3 is 2.24 bits per heavy atom. The van der Waals surface area contributed by atoms with Gasteiger partial charge in [0.05, 0.1) is 6.04 Å². The van der Waals surface area contributed by atoms with Gasteiger partial charge in [-0.3, -0.25) is 13.9 Å². The predicted octanol–water partition coefficient (Wildman–Crippen LogP) is 6.01. The van der Waals surface area contributed by atoms with Crippen molar-refractivity contribution in [3.8, 4) is 22.5 Å². The number of rotatable bonds is 12. The Morgan fingerprint density at radius 2 is 1.56 bits per heavy atom. The lowest BCUT2D eigenvalue weighted by Crippen LogP contribution is -2.42. The summed E-state index contributed by atoms with van der Waals surface area (Å²) in [6.07, 6.45) is 4.58. The second kappa shape index (κ2) is 13.3. The van der Waals surface area contributed by atoms with Crippen LogP contribution in [0.1, 0.15) is 69.4 Å². The van der Waals surface area contributed by atoms with Gasteiger partial charge in [0.25, 0.3) is 5.56 Å². The fraction of sp³-hybridized carbons (Fsp3) is 0.314. The van der Waals surface area contributed by atoms with E-state index >= 15 is 0 Å². The van der Waals surface area contributed by atoms with Crippen LogP contribution in [-0.4, -0.2) is 39.3 Å². The highest BCUT2D eigenvalue weighted by Gasteiger charge is 2.24. The molecule has 0 aliphatic carbocycles. The standard InChI is InChI=1S/C35H38N8O2/c1-4-6-8-17-30-36-33-31(34(44)43(35(45)41(33)22-5-2)24(3)26-13-9-7-10-14-26)42(30)23-25-18-20-27(21-19-25)28-15-11-12-16-29(28)32-37-39-40-38-32/h7,9-16,18-21,24H,4-6,8,17,22-23H2,1-3H3,(H,37,38,39,40). The first-order valence-electron chi connectivity index (χ1n) is 15.7. The van der Waals surface area contributed by atoms with E-state index in [1.165, 1.54) is 4.57 Å². The molecular weight excluding hydrogens is 564 g/mol. The van der Waals surface area contributed by atoms with Crippen molar-refractivity contribution in [2.45, 2.75) is 72.0 Å². The summed E-state index contributed by atoms with van der Waals surface area (Å²) in [4.78, 5) is 33.2. The first kappa shape index (κ1) is 29.9. The van der Waals surface area contributed by atoms with Crippen molar-refractivity contribution in [1.82, 2.24) is 39.3 Å². The molecule has 0 radical (unpaired) electrons. The van der Waals surface area contributed by atoms with Crippen molar-refractivity contribution < 1.29 is 0 Å². The Hall–Kier alpha value is -5.12. The zero-order valence-corrected chi connectivity index (χ0v) is 26.0. The molecule has 1 N–H and O–H groups in total. The van der Waals surface area contributed by atoms with Gasteiger partial charge in [-0.1, -0.05) is 106 Å². The summed E-state index contributed by atoms with van der Waals surface area (Å²) in [7, 11) is 0. The van der Waals surface area contributed by atoms with Gasteiger partial charge in [0.15, 0.2) is 11.2 Å². The number of tetrazole rings is 1. The molecule has 230 valence electrons. The summed E-state index contributed by atoms with van der Waals surface area (Å²) in [5.74, 6) is 1.37. The molecule has 6 rings (SSSR count). The summed E-state index contributed by atoms with van der Waals surface area (Å²) in [5, 5.41) is 14.6. The molecule has 0 saturated carbocycles. The molecule has 0 saturated heterocycles. The summed E-state index contributed by atoms with van der Waals surface area (Å²) in [6.45, 7) is 7.06. The van der Waals surface area contributed by atoms with E-state index in [4.69, 9.17) is 4.98 Å². The Kier molecular flexibility index (Phi) is 8.81. The highest BCUT2D eigenvalue weighted by molar-refractivity contribution is 5.80. The van der Waals surface area contributed by atoms with Crippen LogP contribution in [0, 0.1) is 0 Å². The molecule has 0 fully saturated rings. The van der Waals surface area contributed by atoms with Crippen LogP contribution in [0.3, 0.4) is 0 Å². The average Bonchev–Trinajstić information content (AvgIpc) is 3.73. The van der Waals surface area contributed by atoms with Gasteiger partial charge < -0.3 is 4.57 Å². The number of benzene rings is 3. The topological polar surface area (TPSA) is 116 Å². The normalized spacial score (nSPS) is 12.2. The summed E-state index contributed by atoms with van der Waals surface area (Å²) < 4.78 is 5.13.